The maximum Gasteiger partial charge on any atom is 0.146 e. The average molecular weight is 398 g/mol. The Hall–Kier alpha value is -2.77. The smallest absolute Gasteiger partial charge is 0.146 e. The highest BCUT2D eigenvalue weighted by Crippen LogP contribution is 2.33. The van der Waals surface area contributed by atoms with Crippen molar-refractivity contribution in [1.29, 1.82) is 0 Å². The van der Waals surface area contributed by atoms with Crippen LogP contribution in [0.25, 0.3) is 0 Å². The fourth-order valence-electron chi connectivity index (χ4n) is 3.86. The van der Waals surface area contributed by atoms with Gasteiger partial charge in [0.1, 0.15) is 23.6 Å². The normalized spacial score (nSPS) is 16.2. The van der Waals surface area contributed by atoms with Crippen LogP contribution in [0.1, 0.15) is 23.1 Å². The first-order valence-corrected chi connectivity index (χ1v) is 9.69. The summed E-state index contributed by atoms with van der Waals surface area (Å²) in [6.45, 7) is 3.08. The molecule has 1 atom stereocenters. The fraction of sp³-hybridized carbons (Fsp3) is 0.318. The van der Waals surface area contributed by atoms with E-state index >= 15 is 0 Å². The summed E-state index contributed by atoms with van der Waals surface area (Å²) in [7, 11) is 1.80. The van der Waals surface area contributed by atoms with Crippen molar-refractivity contribution in [2.45, 2.75) is 12.6 Å². The molecule has 152 valence electrons. The molecule has 5 nitrogen and oxygen atoms in total. The monoisotopic (exact) mass is 398 g/mol. The molecule has 3 aromatic rings. The van der Waals surface area contributed by atoms with Gasteiger partial charge in [-0.25, -0.2) is 13.8 Å². The van der Waals surface area contributed by atoms with E-state index in [9.17, 15) is 13.9 Å². The molecule has 2 heterocycles. The molecule has 1 fully saturated rings. The van der Waals surface area contributed by atoms with E-state index in [0.717, 1.165) is 0 Å². The van der Waals surface area contributed by atoms with Gasteiger partial charge in [0.2, 0.25) is 0 Å². The number of halogens is 2. The lowest BCUT2D eigenvalue weighted by molar-refractivity contribution is 0.205. The number of aromatic nitrogens is 2. The summed E-state index contributed by atoms with van der Waals surface area (Å²) in [5.41, 5.74) is 1.58. The lowest BCUT2D eigenvalue weighted by atomic mass is 10.0. The van der Waals surface area contributed by atoms with Gasteiger partial charge in [-0.2, -0.15) is 0 Å². The van der Waals surface area contributed by atoms with Crippen molar-refractivity contribution in [2.24, 2.45) is 7.05 Å². The summed E-state index contributed by atoms with van der Waals surface area (Å²) < 4.78 is 30.4. The Bertz CT molecular complexity index is 982. The van der Waals surface area contributed by atoms with E-state index in [1.54, 1.807) is 48.3 Å². The lowest BCUT2D eigenvalue weighted by Crippen LogP contribution is -2.46. The second-order valence-electron chi connectivity index (χ2n) is 7.33. The van der Waals surface area contributed by atoms with Crippen LogP contribution >= 0.6 is 0 Å². The van der Waals surface area contributed by atoms with Gasteiger partial charge < -0.3 is 14.6 Å². The second-order valence-corrected chi connectivity index (χ2v) is 7.33. The molecule has 2 aromatic carbocycles. The number of hydrogen-bond acceptors (Lipinski definition) is 4. The first kappa shape index (κ1) is 19.5. The molecule has 0 radical (unpaired) electrons. The quantitative estimate of drug-likeness (QED) is 0.717. The highest BCUT2D eigenvalue weighted by molar-refractivity contribution is 5.57. The van der Waals surface area contributed by atoms with E-state index in [1.165, 1.54) is 12.1 Å². The molecule has 0 saturated carbocycles. The lowest BCUT2D eigenvalue weighted by Gasteiger charge is -2.37. The van der Waals surface area contributed by atoms with E-state index in [0.29, 0.717) is 55.4 Å². The summed E-state index contributed by atoms with van der Waals surface area (Å²) in [5.74, 6) is -0.0992. The third kappa shape index (κ3) is 4.02. The van der Waals surface area contributed by atoms with Gasteiger partial charge >= 0.3 is 0 Å². The number of anilines is 1. The molecule has 1 aliphatic heterocycles. The third-order valence-corrected chi connectivity index (χ3v) is 5.46. The number of aliphatic hydroxyl groups is 1. The summed E-state index contributed by atoms with van der Waals surface area (Å²) in [4.78, 5) is 8.31. The molecule has 7 heteroatoms. The number of para-hydroxylation sites is 1. The van der Waals surface area contributed by atoms with Crippen molar-refractivity contribution >= 4 is 5.69 Å². The molecular weight excluding hydrogens is 374 g/mol. The maximum absolute atomic E-state index is 14.8. The minimum atomic E-state index is -1.02. The number of aryl methyl sites for hydroxylation is 1. The molecule has 1 N–H and O–H groups in total. The number of hydrogen-bond donors (Lipinski definition) is 1. The van der Waals surface area contributed by atoms with Crippen LogP contribution in [0.15, 0.2) is 54.9 Å². The van der Waals surface area contributed by atoms with Crippen molar-refractivity contribution in [1.82, 2.24) is 14.5 Å². The van der Waals surface area contributed by atoms with Crippen LogP contribution in [0.5, 0.6) is 0 Å². The Balaban J connectivity index is 1.51. The minimum absolute atomic E-state index is 0.204. The molecule has 29 heavy (non-hydrogen) atoms. The molecule has 1 saturated heterocycles. The molecule has 1 aromatic heterocycles. The molecule has 0 bridgehead atoms. The molecule has 1 unspecified atom stereocenters. The van der Waals surface area contributed by atoms with Crippen molar-refractivity contribution in [3.63, 3.8) is 0 Å². The number of rotatable bonds is 5. The van der Waals surface area contributed by atoms with Crippen molar-refractivity contribution in [2.75, 3.05) is 31.1 Å². The molecule has 0 amide bonds. The van der Waals surface area contributed by atoms with Gasteiger partial charge in [0.15, 0.2) is 0 Å². The number of aliphatic hydroxyl groups excluding tert-OH is 1. The Morgan fingerprint density at radius 2 is 1.72 bits per heavy atom. The van der Waals surface area contributed by atoms with Crippen molar-refractivity contribution in [3.05, 3.63) is 83.4 Å². The molecule has 0 aliphatic carbocycles. The topological polar surface area (TPSA) is 44.5 Å². The van der Waals surface area contributed by atoms with Gasteiger partial charge in [-0.15, -0.1) is 0 Å². The average Bonchev–Trinajstić information content (AvgIpc) is 3.16. The first-order valence-electron chi connectivity index (χ1n) is 9.69. The van der Waals surface area contributed by atoms with Crippen LogP contribution in [0.4, 0.5) is 14.5 Å². The van der Waals surface area contributed by atoms with Crippen LogP contribution in [0.3, 0.4) is 0 Å². The van der Waals surface area contributed by atoms with Gasteiger partial charge in [-0.3, -0.25) is 4.90 Å². The zero-order valence-corrected chi connectivity index (χ0v) is 16.3. The number of piperazine rings is 1. The predicted octanol–water partition coefficient (Wildman–Crippen LogP) is 3.10. The number of imidazole rings is 1. The van der Waals surface area contributed by atoms with E-state index in [2.05, 4.69) is 9.88 Å². The van der Waals surface area contributed by atoms with Crippen LogP contribution in [0.2, 0.25) is 0 Å². The highest BCUT2D eigenvalue weighted by Gasteiger charge is 2.26. The largest absolute Gasteiger partial charge is 0.380 e. The Labute approximate surface area is 168 Å². The Morgan fingerprint density at radius 1 is 1.00 bits per heavy atom. The van der Waals surface area contributed by atoms with Crippen LogP contribution in [-0.2, 0) is 13.6 Å². The SMILES string of the molecule is Cn1ccnc1C(O)c1cccc(F)c1N1CCN(Cc2ccccc2F)CC1. The van der Waals surface area contributed by atoms with Crippen molar-refractivity contribution in [3.8, 4) is 0 Å². The maximum atomic E-state index is 14.8. The predicted molar refractivity (Wildman–Crippen MR) is 108 cm³/mol. The number of nitrogens with zero attached hydrogens (tertiary/aromatic N) is 4. The molecule has 0 spiro atoms. The minimum Gasteiger partial charge on any atom is -0.380 e. The van der Waals surface area contributed by atoms with Gasteiger partial charge in [0.05, 0.1) is 5.69 Å². The Kier molecular flexibility index (Phi) is 5.60. The van der Waals surface area contributed by atoms with Crippen LogP contribution in [-0.4, -0.2) is 45.7 Å². The zero-order chi connectivity index (χ0) is 20.4. The van der Waals surface area contributed by atoms with E-state index < -0.39 is 6.10 Å². The summed E-state index contributed by atoms with van der Waals surface area (Å²) in [6.07, 6.45) is 2.34. The summed E-state index contributed by atoms with van der Waals surface area (Å²) in [5, 5.41) is 10.8. The fourth-order valence-corrected chi connectivity index (χ4v) is 3.86. The van der Waals surface area contributed by atoms with Gasteiger partial charge in [-0.1, -0.05) is 30.3 Å². The Morgan fingerprint density at radius 3 is 2.41 bits per heavy atom. The summed E-state index contributed by atoms with van der Waals surface area (Å²) >= 11 is 0. The molecular formula is C22H24F2N4O. The van der Waals surface area contributed by atoms with Gasteiger partial charge in [0.25, 0.3) is 0 Å². The second kappa shape index (κ2) is 8.31. The van der Waals surface area contributed by atoms with Gasteiger partial charge in [-0.05, 0) is 12.1 Å². The third-order valence-electron chi connectivity index (χ3n) is 5.46. The van der Waals surface area contributed by atoms with Gasteiger partial charge in [0, 0.05) is 63.3 Å². The van der Waals surface area contributed by atoms with Crippen molar-refractivity contribution < 1.29 is 13.9 Å². The zero-order valence-electron chi connectivity index (χ0n) is 16.3. The highest BCUT2D eigenvalue weighted by atomic mass is 19.1. The molecule has 4 rings (SSSR count). The van der Waals surface area contributed by atoms with Crippen LogP contribution in [0, 0.1) is 11.6 Å². The first-order chi connectivity index (χ1) is 14.0. The van der Waals surface area contributed by atoms with E-state index in [4.69, 9.17) is 0 Å². The standard InChI is InChI=1S/C22H24F2N4O/c1-26-10-9-25-22(26)21(29)17-6-4-8-19(24)20(17)28-13-11-27(12-14-28)15-16-5-2-3-7-18(16)23/h2-10,21,29H,11-15H2,1H3. The molecule has 1 aliphatic rings. The van der Waals surface area contributed by atoms with E-state index in [-0.39, 0.29) is 11.6 Å². The summed E-state index contributed by atoms with van der Waals surface area (Å²) in [6, 6.07) is 11.5. The number of benzene rings is 2. The van der Waals surface area contributed by atoms with Crippen LogP contribution < -0.4 is 4.90 Å². The van der Waals surface area contributed by atoms with E-state index in [1.807, 2.05) is 11.0 Å².